The quantitative estimate of drug-likeness (QED) is 0.823. The van der Waals surface area contributed by atoms with Crippen molar-refractivity contribution in [3.05, 3.63) is 59.7 Å². The van der Waals surface area contributed by atoms with Gasteiger partial charge in [-0.05, 0) is 48.2 Å². The maximum atomic E-state index is 12.1. The van der Waals surface area contributed by atoms with Gasteiger partial charge < -0.3 is 10.1 Å². The Bertz CT molecular complexity index is 669. The summed E-state index contributed by atoms with van der Waals surface area (Å²) < 4.78 is 4.52. The van der Waals surface area contributed by atoms with E-state index in [-0.39, 0.29) is 5.91 Å². The van der Waals surface area contributed by atoms with E-state index in [9.17, 15) is 9.59 Å². The van der Waals surface area contributed by atoms with E-state index in [4.69, 9.17) is 0 Å². The number of hydrogen-bond acceptors (Lipinski definition) is 4. The lowest BCUT2D eigenvalue weighted by molar-refractivity contribution is 0.0951. The van der Waals surface area contributed by atoms with Crippen LogP contribution in [0.2, 0.25) is 0 Å². The van der Waals surface area contributed by atoms with Gasteiger partial charge in [-0.3, -0.25) is 10.1 Å². The molecule has 0 unspecified atom stereocenters. The highest BCUT2D eigenvalue weighted by atomic mass is 32.2. The van der Waals surface area contributed by atoms with E-state index in [1.807, 2.05) is 42.7 Å². The molecule has 0 aliphatic rings. The predicted molar refractivity (Wildman–Crippen MR) is 91.9 cm³/mol. The van der Waals surface area contributed by atoms with Gasteiger partial charge in [-0.25, -0.2) is 4.79 Å². The van der Waals surface area contributed by atoms with Crippen molar-refractivity contribution >= 4 is 29.4 Å². The van der Waals surface area contributed by atoms with E-state index in [2.05, 4.69) is 15.4 Å². The molecule has 0 bridgehead atoms. The SMILES string of the molecule is COC(=O)Nc1ccc(CNC(=O)c2ccc(SC)cc2)cc1. The standard InChI is InChI=1S/C17H18N2O3S/c1-22-17(21)19-14-7-3-12(4-8-14)11-18-16(20)13-5-9-15(23-2)10-6-13/h3-10H,11H2,1-2H3,(H,18,20)(H,19,21). The van der Waals surface area contributed by atoms with Gasteiger partial charge in [0.2, 0.25) is 0 Å². The molecule has 0 aliphatic heterocycles. The highest BCUT2D eigenvalue weighted by Gasteiger charge is 2.05. The molecule has 0 heterocycles. The second-order valence-corrected chi connectivity index (χ2v) is 5.60. The number of amides is 2. The second kappa shape index (κ2) is 8.24. The minimum atomic E-state index is -0.514. The van der Waals surface area contributed by atoms with Gasteiger partial charge in [0, 0.05) is 22.7 Å². The number of ether oxygens (including phenoxy) is 1. The number of carbonyl (C=O) groups excluding carboxylic acids is 2. The third kappa shape index (κ3) is 5.03. The van der Waals surface area contributed by atoms with Gasteiger partial charge in [0.05, 0.1) is 7.11 Å². The first-order valence-electron chi connectivity index (χ1n) is 6.98. The zero-order valence-electron chi connectivity index (χ0n) is 13.0. The number of benzene rings is 2. The van der Waals surface area contributed by atoms with E-state index in [0.29, 0.717) is 17.8 Å². The molecule has 0 atom stereocenters. The molecule has 23 heavy (non-hydrogen) atoms. The lowest BCUT2D eigenvalue weighted by Gasteiger charge is -2.08. The maximum Gasteiger partial charge on any atom is 0.411 e. The summed E-state index contributed by atoms with van der Waals surface area (Å²) in [6.45, 7) is 0.418. The Balaban J connectivity index is 1.89. The number of hydrogen-bond donors (Lipinski definition) is 2. The third-order valence-electron chi connectivity index (χ3n) is 3.19. The fourth-order valence-corrected chi connectivity index (χ4v) is 2.31. The summed E-state index contributed by atoms with van der Waals surface area (Å²) in [5, 5.41) is 5.44. The molecule has 0 radical (unpaired) electrons. The van der Waals surface area contributed by atoms with Crippen LogP contribution in [0.15, 0.2) is 53.4 Å². The number of thioether (sulfide) groups is 1. The van der Waals surface area contributed by atoms with Gasteiger partial charge in [-0.2, -0.15) is 0 Å². The molecular weight excluding hydrogens is 312 g/mol. The van der Waals surface area contributed by atoms with Crippen molar-refractivity contribution in [1.82, 2.24) is 5.32 Å². The Kier molecular flexibility index (Phi) is 6.05. The van der Waals surface area contributed by atoms with Crippen LogP contribution in [0.4, 0.5) is 10.5 Å². The third-order valence-corrected chi connectivity index (χ3v) is 3.93. The van der Waals surface area contributed by atoms with E-state index < -0.39 is 6.09 Å². The van der Waals surface area contributed by atoms with Gasteiger partial charge in [-0.1, -0.05) is 12.1 Å². The predicted octanol–water partition coefficient (Wildman–Crippen LogP) is 3.52. The van der Waals surface area contributed by atoms with Gasteiger partial charge in [0.1, 0.15) is 0 Å². The van der Waals surface area contributed by atoms with Crippen LogP contribution < -0.4 is 10.6 Å². The van der Waals surface area contributed by atoms with Crippen molar-refractivity contribution in [2.24, 2.45) is 0 Å². The van der Waals surface area contributed by atoms with E-state index in [1.54, 1.807) is 23.9 Å². The molecule has 120 valence electrons. The molecule has 0 saturated heterocycles. The van der Waals surface area contributed by atoms with Crippen LogP contribution in [0, 0.1) is 0 Å². The summed E-state index contributed by atoms with van der Waals surface area (Å²) in [7, 11) is 1.31. The average molecular weight is 330 g/mol. The highest BCUT2D eigenvalue weighted by molar-refractivity contribution is 7.98. The summed E-state index contributed by atoms with van der Waals surface area (Å²) in [5.74, 6) is -0.116. The van der Waals surface area contributed by atoms with Crippen molar-refractivity contribution in [2.75, 3.05) is 18.7 Å². The Morgan fingerprint density at radius 2 is 1.70 bits per heavy atom. The van der Waals surface area contributed by atoms with Crippen LogP contribution in [0.3, 0.4) is 0 Å². The summed E-state index contributed by atoms with van der Waals surface area (Å²) in [6.07, 6.45) is 1.48. The molecule has 2 amide bonds. The first-order valence-corrected chi connectivity index (χ1v) is 8.21. The molecule has 2 N–H and O–H groups in total. The van der Waals surface area contributed by atoms with Crippen LogP contribution in [0.5, 0.6) is 0 Å². The molecule has 0 saturated carbocycles. The zero-order valence-corrected chi connectivity index (χ0v) is 13.8. The van der Waals surface area contributed by atoms with Crippen molar-refractivity contribution in [3.63, 3.8) is 0 Å². The molecule has 0 aromatic heterocycles. The molecule has 0 spiro atoms. The summed E-state index contributed by atoms with van der Waals surface area (Å²) >= 11 is 1.64. The maximum absolute atomic E-state index is 12.1. The van der Waals surface area contributed by atoms with Gasteiger partial charge in [0.15, 0.2) is 0 Å². The van der Waals surface area contributed by atoms with Gasteiger partial charge in [0.25, 0.3) is 5.91 Å². The minimum Gasteiger partial charge on any atom is -0.453 e. The fraction of sp³-hybridized carbons (Fsp3) is 0.176. The number of rotatable bonds is 5. The second-order valence-electron chi connectivity index (χ2n) is 4.72. The van der Waals surface area contributed by atoms with Gasteiger partial charge >= 0.3 is 6.09 Å². The summed E-state index contributed by atoms with van der Waals surface area (Å²) in [6, 6.07) is 14.6. The lowest BCUT2D eigenvalue weighted by Crippen LogP contribution is -2.22. The summed E-state index contributed by atoms with van der Waals surface area (Å²) in [4.78, 5) is 24.3. The monoisotopic (exact) mass is 330 g/mol. The Labute approximate surface area is 139 Å². The first-order chi connectivity index (χ1) is 11.1. The molecule has 5 nitrogen and oxygen atoms in total. The zero-order chi connectivity index (χ0) is 16.7. The molecule has 2 rings (SSSR count). The molecule has 0 fully saturated rings. The number of nitrogens with one attached hydrogen (secondary N) is 2. The normalized spacial score (nSPS) is 10.0. The van der Waals surface area contributed by atoms with Crippen molar-refractivity contribution < 1.29 is 14.3 Å². The molecule has 2 aromatic rings. The smallest absolute Gasteiger partial charge is 0.411 e. The Morgan fingerprint density at radius 3 is 2.26 bits per heavy atom. The van der Waals surface area contributed by atoms with Crippen LogP contribution in [-0.4, -0.2) is 25.4 Å². The van der Waals surface area contributed by atoms with E-state index >= 15 is 0 Å². The average Bonchev–Trinajstić information content (AvgIpc) is 2.60. The molecule has 6 heteroatoms. The Morgan fingerprint density at radius 1 is 1.04 bits per heavy atom. The largest absolute Gasteiger partial charge is 0.453 e. The number of carbonyl (C=O) groups is 2. The molecule has 2 aromatic carbocycles. The number of anilines is 1. The summed E-state index contributed by atoms with van der Waals surface area (Å²) in [5.41, 5.74) is 2.21. The highest BCUT2D eigenvalue weighted by Crippen LogP contribution is 2.15. The fourth-order valence-electron chi connectivity index (χ4n) is 1.90. The minimum absolute atomic E-state index is 0.116. The van der Waals surface area contributed by atoms with Gasteiger partial charge in [-0.15, -0.1) is 11.8 Å². The molecule has 0 aliphatic carbocycles. The van der Waals surface area contributed by atoms with E-state index in [1.165, 1.54) is 7.11 Å². The number of methoxy groups -OCH3 is 1. The molecular formula is C17H18N2O3S. The Hall–Kier alpha value is -2.47. The van der Waals surface area contributed by atoms with Crippen LogP contribution in [-0.2, 0) is 11.3 Å². The topological polar surface area (TPSA) is 67.4 Å². The van der Waals surface area contributed by atoms with E-state index in [0.717, 1.165) is 10.5 Å². The van der Waals surface area contributed by atoms with Crippen LogP contribution >= 0.6 is 11.8 Å². The van der Waals surface area contributed by atoms with Crippen LogP contribution in [0.1, 0.15) is 15.9 Å². The first kappa shape index (κ1) is 16.9. The van der Waals surface area contributed by atoms with Crippen molar-refractivity contribution in [3.8, 4) is 0 Å². The van der Waals surface area contributed by atoms with Crippen molar-refractivity contribution in [1.29, 1.82) is 0 Å². The van der Waals surface area contributed by atoms with Crippen LogP contribution in [0.25, 0.3) is 0 Å². The lowest BCUT2D eigenvalue weighted by atomic mass is 10.2. The van der Waals surface area contributed by atoms with Crippen molar-refractivity contribution in [2.45, 2.75) is 11.4 Å².